The average molecular weight is 356 g/mol. The van der Waals surface area contributed by atoms with Crippen molar-refractivity contribution in [1.29, 1.82) is 0 Å². The first-order valence-electron chi connectivity index (χ1n) is 7.71. The first-order chi connectivity index (χ1) is 12.2. The third-order valence-electron chi connectivity index (χ3n) is 3.29. The van der Waals surface area contributed by atoms with E-state index in [2.05, 4.69) is 10.3 Å². The zero-order valence-electron chi connectivity index (χ0n) is 13.5. The molecule has 128 valence electrons. The van der Waals surface area contributed by atoms with Gasteiger partial charge in [-0.2, -0.15) is 0 Å². The van der Waals surface area contributed by atoms with E-state index in [9.17, 15) is 9.59 Å². The number of nitrogens with one attached hydrogen (secondary N) is 1. The van der Waals surface area contributed by atoms with Gasteiger partial charge in [0.25, 0.3) is 0 Å². The molecule has 1 amide bonds. The van der Waals surface area contributed by atoms with Crippen molar-refractivity contribution < 1.29 is 19.1 Å². The summed E-state index contributed by atoms with van der Waals surface area (Å²) in [6, 6.07) is 14.2. The van der Waals surface area contributed by atoms with E-state index in [1.54, 1.807) is 25.1 Å². The molecular formula is C18H16N2O4S. The van der Waals surface area contributed by atoms with E-state index >= 15 is 0 Å². The number of benzene rings is 2. The lowest BCUT2D eigenvalue weighted by atomic mass is 10.2. The minimum absolute atomic E-state index is 0.105. The van der Waals surface area contributed by atoms with Crippen molar-refractivity contribution in [2.75, 3.05) is 11.9 Å². The molecule has 3 rings (SSSR count). The van der Waals surface area contributed by atoms with Gasteiger partial charge in [0, 0.05) is 5.69 Å². The third kappa shape index (κ3) is 4.33. The summed E-state index contributed by atoms with van der Waals surface area (Å²) in [5.74, 6) is -0.480. The number of nitrogens with zero attached hydrogens (tertiary/aromatic N) is 1. The fourth-order valence-corrected chi connectivity index (χ4v) is 3.08. The summed E-state index contributed by atoms with van der Waals surface area (Å²) < 4.78 is 11.2. The Bertz CT molecular complexity index is 874. The number of hydrogen-bond donors (Lipinski definition) is 1. The Kier molecular flexibility index (Phi) is 5.25. The summed E-state index contributed by atoms with van der Waals surface area (Å²) >= 11 is 1.49. The molecule has 0 aliphatic rings. The molecule has 6 nitrogen and oxygen atoms in total. The molecule has 2 aromatic carbocycles. The van der Waals surface area contributed by atoms with Crippen molar-refractivity contribution >= 4 is 39.3 Å². The molecule has 1 aromatic heterocycles. The molecule has 3 aromatic rings. The van der Waals surface area contributed by atoms with Gasteiger partial charge in [-0.15, -0.1) is 11.3 Å². The number of amides is 1. The molecule has 1 heterocycles. The molecule has 0 bridgehead atoms. The molecule has 25 heavy (non-hydrogen) atoms. The fraction of sp³-hybridized carbons (Fsp3) is 0.167. The van der Waals surface area contributed by atoms with Gasteiger partial charge in [0.15, 0.2) is 0 Å². The molecule has 0 saturated heterocycles. The molecule has 0 spiro atoms. The van der Waals surface area contributed by atoms with Crippen molar-refractivity contribution in [2.24, 2.45) is 0 Å². The van der Waals surface area contributed by atoms with Gasteiger partial charge in [-0.1, -0.05) is 18.2 Å². The number of thiazole rings is 1. The molecule has 0 atom stereocenters. The van der Waals surface area contributed by atoms with Crippen LogP contribution in [0.1, 0.15) is 22.3 Å². The second-order valence-corrected chi connectivity index (χ2v) is 6.19. The normalized spacial score (nSPS) is 10.4. The summed E-state index contributed by atoms with van der Waals surface area (Å²) in [6.07, 6.45) is -0.567. The Morgan fingerprint density at radius 1 is 1.12 bits per heavy atom. The Morgan fingerprint density at radius 2 is 1.96 bits per heavy atom. The first-order valence-corrected chi connectivity index (χ1v) is 8.53. The number of hydrogen-bond acceptors (Lipinski definition) is 6. The summed E-state index contributed by atoms with van der Waals surface area (Å²) in [5.41, 5.74) is 1.70. The quantitative estimate of drug-likeness (QED) is 0.693. The lowest BCUT2D eigenvalue weighted by Gasteiger charge is -2.07. The van der Waals surface area contributed by atoms with Crippen LogP contribution in [0.2, 0.25) is 0 Å². The number of rotatable bonds is 5. The average Bonchev–Trinajstić information content (AvgIpc) is 3.03. The second-order valence-electron chi connectivity index (χ2n) is 5.08. The number of esters is 1. The zero-order chi connectivity index (χ0) is 17.6. The van der Waals surface area contributed by atoms with E-state index in [-0.39, 0.29) is 13.2 Å². The summed E-state index contributed by atoms with van der Waals surface area (Å²) in [6.45, 7) is 2.10. The molecule has 7 heteroatoms. The number of fused-ring (bicyclic) bond motifs is 1. The van der Waals surface area contributed by atoms with Crippen LogP contribution in [0.4, 0.5) is 10.5 Å². The lowest BCUT2D eigenvalue weighted by Crippen LogP contribution is -2.14. The standard InChI is InChI=1S/C18H16N2O4S/c1-2-23-18(22)19-13-7-5-6-12(10-13)17(21)24-11-16-20-14-8-3-4-9-15(14)25-16/h3-10H,2,11H2,1H3,(H,19,22). The van der Waals surface area contributed by atoms with Crippen LogP contribution in [0.5, 0.6) is 0 Å². The SMILES string of the molecule is CCOC(=O)Nc1cccc(C(=O)OCc2nc3ccccc3s2)c1. The van der Waals surface area contributed by atoms with Crippen LogP contribution in [-0.4, -0.2) is 23.7 Å². The Balaban J connectivity index is 1.63. The number of carbonyl (C=O) groups is 2. The van der Waals surface area contributed by atoms with Gasteiger partial charge in [-0.25, -0.2) is 14.6 Å². The van der Waals surface area contributed by atoms with Crippen LogP contribution in [-0.2, 0) is 16.1 Å². The van der Waals surface area contributed by atoms with Crippen LogP contribution < -0.4 is 5.32 Å². The Hall–Kier alpha value is -2.93. The van der Waals surface area contributed by atoms with E-state index in [0.717, 1.165) is 15.2 Å². The van der Waals surface area contributed by atoms with E-state index in [4.69, 9.17) is 9.47 Å². The van der Waals surface area contributed by atoms with Crippen molar-refractivity contribution in [3.63, 3.8) is 0 Å². The van der Waals surface area contributed by atoms with Crippen molar-refractivity contribution in [2.45, 2.75) is 13.5 Å². The number of para-hydroxylation sites is 1. The first kappa shape index (κ1) is 16.9. The van der Waals surface area contributed by atoms with E-state index in [0.29, 0.717) is 11.3 Å². The van der Waals surface area contributed by atoms with Gasteiger partial charge in [-0.05, 0) is 37.3 Å². The van der Waals surface area contributed by atoms with Crippen LogP contribution in [0, 0.1) is 0 Å². The highest BCUT2D eigenvalue weighted by Gasteiger charge is 2.11. The summed E-state index contributed by atoms with van der Waals surface area (Å²) in [5, 5.41) is 3.28. The zero-order valence-corrected chi connectivity index (χ0v) is 14.3. The molecule has 0 saturated carbocycles. The lowest BCUT2D eigenvalue weighted by molar-refractivity contribution is 0.0472. The molecular weight excluding hydrogens is 340 g/mol. The summed E-state index contributed by atoms with van der Waals surface area (Å²) in [7, 11) is 0. The number of carbonyl (C=O) groups excluding carboxylic acids is 2. The molecule has 0 aliphatic heterocycles. The molecule has 0 radical (unpaired) electrons. The molecule has 0 aliphatic carbocycles. The van der Waals surface area contributed by atoms with Gasteiger partial charge in [0.1, 0.15) is 11.6 Å². The third-order valence-corrected chi connectivity index (χ3v) is 4.29. The van der Waals surface area contributed by atoms with Crippen LogP contribution in [0.3, 0.4) is 0 Å². The Labute approximate surface area is 148 Å². The highest BCUT2D eigenvalue weighted by molar-refractivity contribution is 7.18. The maximum absolute atomic E-state index is 12.2. The van der Waals surface area contributed by atoms with E-state index in [1.807, 2.05) is 24.3 Å². The molecule has 1 N–H and O–H groups in total. The number of ether oxygens (including phenoxy) is 2. The smallest absolute Gasteiger partial charge is 0.411 e. The predicted octanol–water partition coefficient (Wildman–Crippen LogP) is 4.22. The minimum Gasteiger partial charge on any atom is -0.455 e. The molecule has 0 unspecified atom stereocenters. The highest BCUT2D eigenvalue weighted by atomic mass is 32.1. The van der Waals surface area contributed by atoms with E-state index < -0.39 is 12.1 Å². The van der Waals surface area contributed by atoms with Gasteiger partial charge >= 0.3 is 12.1 Å². The number of aromatic nitrogens is 1. The fourth-order valence-electron chi connectivity index (χ4n) is 2.20. The molecule has 0 fully saturated rings. The topological polar surface area (TPSA) is 77.5 Å². The van der Waals surface area contributed by atoms with Gasteiger partial charge in [-0.3, -0.25) is 5.32 Å². The summed E-state index contributed by atoms with van der Waals surface area (Å²) in [4.78, 5) is 28.1. The maximum Gasteiger partial charge on any atom is 0.411 e. The Morgan fingerprint density at radius 3 is 2.76 bits per heavy atom. The predicted molar refractivity (Wildman–Crippen MR) is 95.8 cm³/mol. The van der Waals surface area contributed by atoms with E-state index in [1.165, 1.54) is 17.4 Å². The second kappa shape index (κ2) is 7.76. The van der Waals surface area contributed by atoms with Gasteiger partial charge in [0.2, 0.25) is 0 Å². The monoisotopic (exact) mass is 356 g/mol. The highest BCUT2D eigenvalue weighted by Crippen LogP contribution is 2.22. The van der Waals surface area contributed by atoms with Crippen molar-refractivity contribution in [3.8, 4) is 0 Å². The largest absolute Gasteiger partial charge is 0.455 e. The van der Waals surface area contributed by atoms with Crippen LogP contribution >= 0.6 is 11.3 Å². The van der Waals surface area contributed by atoms with Crippen LogP contribution in [0.15, 0.2) is 48.5 Å². The number of anilines is 1. The van der Waals surface area contributed by atoms with Crippen molar-refractivity contribution in [3.05, 3.63) is 59.1 Å². The van der Waals surface area contributed by atoms with Crippen molar-refractivity contribution in [1.82, 2.24) is 4.98 Å². The van der Waals surface area contributed by atoms with Crippen LogP contribution in [0.25, 0.3) is 10.2 Å². The van der Waals surface area contributed by atoms with Gasteiger partial charge < -0.3 is 9.47 Å². The maximum atomic E-state index is 12.2. The minimum atomic E-state index is -0.567. The van der Waals surface area contributed by atoms with Gasteiger partial charge in [0.05, 0.1) is 22.4 Å².